The van der Waals surface area contributed by atoms with Crippen LogP contribution in [0.5, 0.6) is 11.5 Å². The third-order valence-corrected chi connectivity index (χ3v) is 3.11. The van der Waals surface area contributed by atoms with Crippen molar-refractivity contribution in [3.63, 3.8) is 0 Å². The van der Waals surface area contributed by atoms with Crippen molar-refractivity contribution in [3.05, 3.63) is 23.8 Å². The van der Waals surface area contributed by atoms with Gasteiger partial charge >= 0.3 is 0 Å². The van der Waals surface area contributed by atoms with Gasteiger partial charge in [0.25, 0.3) is 0 Å². The smallest absolute Gasteiger partial charge is 0.237 e. The molecule has 0 atom stereocenters. The highest BCUT2D eigenvalue weighted by molar-refractivity contribution is 6.27. The largest absolute Gasteiger partial charge is 0.486 e. The molecule has 0 aliphatic carbocycles. The summed E-state index contributed by atoms with van der Waals surface area (Å²) in [4.78, 5) is 12.9. The average molecular weight is 270 g/mol. The standard InChI is InChI=1S/C13H16ClNO3/c1-15(13(16)9-14)5-4-10-2-3-11-12(8-10)18-7-6-17-11/h2-3,8H,4-7,9H2,1H3. The molecule has 0 saturated carbocycles. The molecule has 1 aromatic carbocycles. The molecule has 1 aliphatic rings. The van der Waals surface area contributed by atoms with Gasteiger partial charge < -0.3 is 14.4 Å². The summed E-state index contributed by atoms with van der Waals surface area (Å²) in [6, 6.07) is 5.87. The molecular formula is C13H16ClNO3. The van der Waals surface area contributed by atoms with Crippen LogP contribution in [0.3, 0.4) is 0 Å². The van der Waals surface area contributed by atoms with E-state index >= 15 is 0 Å². The van der Waals surface area contributed by atoms with E-state index in [9.17, 15) is 4.79 Å². The fourth-order valence-corrected chi connectivity index (χ4v) is 1.97. The Balaban J connectivity index is 1.96. The molecule has 1 heterocycles. The number of carbonyl (C=O) groups is 1. The van der Waals surface area contributed by atoms with Gasteiger partial charge in [0.1, 0.15) is 19.1 Å². The van der Waals surface area contributed by atoms with Gasteiger partial charge in [-0.3, -0.25) is 4.79 Å². The van der Waals surface area contributed by atoms with E-state index in [2.05, 4.69) is 0 Å². The van der Waals surface area contributed by atoms with Crippen molar-refractivity contribution >= 4 is 17.5 Å². The molecule has 0 fully saturated rings. The van der Waals surface area contributed by atoms with Crippen LogP contribution < -0.4 is 9.47 Å². The number of benzene rings is 1. The lowest BCUT2D eigenvalue weighted by Gasteiger charge is -2.20. The van der Waals surface area contributed by atoms with Gasteiger partial charge in [0.2, 0.25) is 5.91 Å². The van der Waals surface area contributed by atoms with Crippen LogP contribution in [0.25, 0.3) is 0 Å². The van der Waals surface area contributed by atoms with Crippen LogP contribution in [0.1, 0.15) is 5.56 Å². The molecule has 0 bridgehead atoms. The fraction of sp³-hybridized carbons (Fsp3) is 0.462. The minimum Gasteiger partial charge on any atom is -0.486 e. The highest BCUT2D eigenvalue weighted by Crippen LogP contribution is 2.30. The molecule has 0 saturated heterocycles. The molecule has 1 amide bonds. The second kappa shape index (κ2) is 5.96. The summed E-state index contributed by atoms with van der Waals surface area (Å²) in [6.07, 6.45) is 0.774. The SMILES string of the molecule is CN(CCc1ccc2c(c1)OCCO2)C(=O)CCl. The van der Waals surface area contributed by atoms with Crippen molar-refractivity contribution in [2.45, 2.75) is 6.42 Å². The quantitative estimate of drug-likeness (QED) is 0.781. The number of amides is 1. The van der Waals surface area contributed by atoms with Crippen molar-refractivity contribution in [3.8, 4) is 11.5 Å². The van der Waals surface area contributed by atoms with Crippen molar-refractivity contribution in [2.75, 3.05) is 32.7 Å². The maximum atomic E-state index is 11.3. The Labute approximate surface area is 111 Å². The zero-order valence-corrected chi connectivity index (χ0v) is 11.1. The first-order valence-electron chi connectivity index (χ1n) is 5.89. The minimum atomic E-state index is -0.0609. The molecule has 0 aromatic heterocycles. The molecule has 0 N–H and O–H groups in total. The number of hydrogen-bond acceptors (Lipinski definition) is 3. The third kappa shape index (κ3) is 3.07. The molecule has 1 aromatic rings. The predicted octanol–water partition coefficient (Wildman–Crippen LogP) is 1.70. The van der Waals surface area contributed by atoms with Gasteiger partial charge in [-0.05, 0) is 24.1 Å². The van der Waals surface area contributed by atoms with Gasteiger partial charge in [0, 0.05) is 13.6 Å². The van der Waals surface area contributed by atoms with Crippen LogP contribution in [0.15, 0.2) is 18.2 Å². The van der Waals surface area contributed by atoms with Crippen LogP contribution >= 0.6 is 11.6 Å². The number of hydrogen-bond donors (Lipinski definition) is 0. The highest BCUT2D eigenvalue weighted by atomic mass is 35.5. The fourth-order valence-electron chi connectivity index (χ4n) is 1.77. The number of ether oxygens (including phenoxy) is 2. The van der Waals surface area contributed by atoms with Crippen molar-refractivity contribution < 1.29 is 14.3 Å². The highest BCUT2D eigenvalue weighted by Gasteiger charge is 2.12. The first-order chi connectivity index (χ1) is 8.70. The average Bonchev–Trinajstić information content (AvgIpc) is 2.43. The number of likely N-dealkylation sites (N-methyl/N-ethyl adjacent to an activating group) is 1. The maximum Gasteiger partial charge on any atom is 0.237 e. The zero-order valence-electron chi connectivity index (χ0n) is 10.3. The molecule has 5 heteroatoms. The lowest BCUT2D eigenvalue weighted by atomic mass is 10.1. The van der Waals surface area contributed by atoms with Gasteiger partial charge in [-0.2, -0.15) is 0 Å². The number of carbonyl (C=O) groups excluding carboxylic acids is 1. The summed E-state index contributed by atoms with van der Waals surface area (Å²) in [5, 5.41) is 0. The summed E-state index contributed by atoms with van der Waals surface area (Å²) in [6.45, 7) is 1.82. The Morgan fingerprint density at radius 2 is 2.06 bits per heavy atom. The molecule has 0 radical (unpaired) electrons. The van der Waals surface area contributed by atoms with Gasteiger partial charge in [0.05, 0.1) is 0 Å². The van der Waals surface area contributed by atoms with Gasteiger partial charge in [-0.15, -0.1) is 11.6 Å². The van der Waals surface area contributed by atoms with Crippen LogP contribution in [-0.4, -0.2) is 43.5 Å². The monoisotopic (exact) mass is 269 g/mol. The zero-order chi connectivity index (χ0) is 13.0. The molecule has 0 spiro atoms. The van der Waals surface area contributed by atoms with E-state index in [-0.39, 0.29) is 11.8 Å². The predicted molar refractivity (Wildman–Crippen MR) is 69.5 cm³/mol. The number of nitrogens with zero attached hydrogens (tertiary/aromatic N) is 1. The number of rotatable bonds is 4. The number of alkyl halides is 1. The number of halogens is 1. The summed E-state index contributed by atoms with van der Waals surface area (Å²) in [7, 11) is 1.75. The Kier molecular flexibility index (Phi) is 4.31. The third-order valence-electron chi connectivity index (χ3n) is 2.88. The van der Waals surface area contributed by atoms with E-state index in [1.807, 2.05) is 18.2 Å². The summed E-state index contributed by atoms with van der Waals surface area (Å²) < 4.78 is 11.0. The van der Waals surface area contributed by atoms with Crippen LogP contribution in [0, 0.1) is 0 Å². The van der Waals surface area contributed by atoms with E-state index in [1.54, 1.807) is 11.9 Å². The lowest BCUT2D eigenvalue weighted by Crippen LogP contribution is -2.29. The lowest BCUT2D eigenvalue weighted by molar-refractivity contribution is -0.127. The second-order valence-corrected chi connectivity index (χ2v) is 4.44. The normalized spacial score (nSPS) is 13.2. The summed E-state index contributed by atoms with van der Waals surface area (Å²) >= 11 is 5.50. The molecule has 0 unspecified atom stereocenters. The second-order valence-electron chi connectivity index (χ2n) is 4.18. The molecule has 98 valence electrons. The topological polar surface area (TPSA) is 38.8 Å². The first-order valence-corrected chi connectivity index (χ1v) is 6.42. The summed E-state index contributed by atoms with van der Waals surface area (Å²) in [5.41, 5.74) is 1.12. The maximum absolute atomic E-state index is 11.3. The van der Waals surface area contributed by atoms with Crippen molar-refractivity contribution in [2.24, 2.45) is 0 Å². The molecule has 1 aliphatic heterocycles. The van der Waals surface area contributed by atoms with Crippen molar-refractivity contribution in [1.82, 2.24) is 4.90 Å². The van der Waals surface area contributed by atoms with Gasteiger partial charge in [0.15, 0.2) is 11.5 Å². The number of fused-ring (bicyclic) bond motifs is 1. The molecule has 2 rings (SSSR count). The molecular weight excluding hydrogens is 254 g/mol. The first kappa shape index (κ1) is 13.0. The molecule has 4 nitrogen and oxygen atoms in total. The van der Waals surface area contributed by atoms with Crippen LogP contribution in [0.4, 0.5) is 0 Å². The van der Waals surface area contributed by atoms with E-state index in [0.29, 0.717) is 19.8 Å². The Bertz CT molecular complexity index is 436. The Morgan fingerprint density at radius 3 is 2.78 bits per heavy atom. The van der Waals surface area contributed by atoms with Gasteiger partial charge in [-0.25, -0.2) is 0 Å². The summed E-state index contributed by atoms with van der Waals surface area (Å²) in [5.74, 6) is 1.53. The van der Waals surface area contributed by atoms with E-state index in [1.165, 1.54) is 0 Å². The van der Waals surface area contributed by atoms with Crippen LogP contribution in [-0.2, 0) is 11.2 Å². The van der Waals surface area contributed by atoms with Crippen LogP contribution in [0.2, 0.25) is 0 Å². The van der Waals surface area contributed by atoms with E-state index < -0.39 is 0 Å². The Morgan fingerprint density at radius 1 is 1.33 bits per heavy atom. The van der Waals surface area contributed by atoms with Crippen molar-refractivity contribution in [1.29, 1.82) is 0 Å². The Hall–Kier alpha value is -1.42. The minimum absolute atomic E-state index is 0.0254. The van der Waals surface area contributed by atoms with E-state index in [0.717, 1.165) is 23.5 Å². The van der Waals surface area contributed by atoms with E-state index in [4.69, 9.17) is 21.1 Å². The molecule has 18 heavy (non-hydrogen) atoms. The van der Waals surface area contributed by atoms with Gasteiger partial charge in [-0.1, -0.05) is 6.07 Å².